The maximum Gasteiger partial charge on any atom is 0.387 e. The lowest BCUT2D eigenvalue weighted by atomic mass is 10.1. The molecule has 0 radical (unpaired) electrons. The van der Waals surface area contributed by atoms with E-state index in [0.29, 0.717) is 35.5 Å². The number of rotatable bonds is 9. The predicted octanol–water partition coefficient (Wildman–Crippen LogP) is 2.04. The molecule has 1 aromatic carbocycles. The van der Waals surface area contributed by atoms with E-state index in [1.165, 1.54) is 6.07 Å². The summed E-state index contributed by atoms with van der Waals surface area (Å²) in [5, 5.41) is 6.51. The number of aliphatic imine (C=N–C) groups is 1. The first kappa shape index (κ1) is 22.4. The van der Waals surface area contributed by atoms with E-state index in [1.807, 2.05) is 6.92 Å². The maximum absolute atomic E-state index is 12.8. The van der Waals surface area contributed by atoms with E-state index in [1.54, 1.807) is 6.07 Å². The molecule has 1 aromatic rings. The van der Waals surface area contributed by atoms with Gasteiger partial charge in [-0.15, -0.1) is 0 Å². The fourth-order valence-electron chi connectivity index (χ4n) is 3.36. The Bertz CT molecular complexity index is 714. The van der Waals surface area contributed by atoms with Crippen molar-refractivity contribution in [2.45, 2.75) is 27.0 Å². The van der Waals surface area contributed by atoms with Gasteiger partial charge in [0.25, 0.3) is 0 Å². The van der Waals surface area contributed by atoms with Crippen LogP contribution in [0.3, 0.4) is 0 Å². The van der Waals surface area contributed by atoms with Gasteiger partial charge < -0.3 is 29.6 Å². The SMILES string of the molecule is CCNC(=NCc1cc2c(cc1OC(F)F)OCO2)NCC(C)CN1CCOCC1. The van der Waals surface area contributed by atoms with Crippen LogP contribution in [0.2, 0.25) is 0 Å². The molecule has 2 aliphatic rings. The van der Waals surface area contributed by atoms with Gasteiger partial charge in [0.2, 0.25) is 6.79 Å². The van der Waals surface area contributed by atoms with Crippen LogP contribution in [0.5, 0.6) is 17.2 Å². The molecule has 0 aromatic heterocycles. The lowest BCUT2D eigenvalue weighted by Crippen LogP contribution is -2.44. The highest BCUT2D eigenvalue weighted by Crippen LogP contribution is 2.39. The summed E-state index contributed by atoms with van der Waals surface area (Å²) in [5.74, 6) is 1.95. The van der Waals surface area contributed by atoms with Crippen LogP contribution >= 0.6 is 0 Å². The molecule has 1 saturated heterocycles. The van der Waals surface area contributed by atoms with Gasteiger partial charge in [-0.3, -0.25) is 4.90 Å². The Balaban J connectivity index is 1.61. The molecule has 1 fully saturated rings. The van der Waals surface area contributed by atoms with Crippen LogP contribution in [0.25, 0.3) is 0 Å². The van der Waals surface area contributed by atoms with E-state index < -0.39 is 6.61 Å². The zero-order chi connectivity index (χ0) is 21.3. The smallest absolute Gasteiger partial charge is 0.387 e. The summed E-state index contributed by atoms with van der Waals surface area (Å²) < 4.78 is 46.2. The molecule has 0 spiro atoms. The second kappa shape index (κ2) is 11.2. The van der Waals surface area contributed by atoms with Crippen molar-refractivity contribution in [3.8, 4) is 17.2 Å². The number of hydrogen-bond acceptors (Lipinski definition) is 6. The number of hydrogen-bond donors (Lipinski definition) is 2. The fraction of sp³-hybridized carbons (Fsp3) is 0.650. The third-order valence-electron chi connectivity index (χ3n) is 4.82. The normalized spacial score (nSPS) is 17.8. The molecule has 1 atom stereocenters. The molecule has 0 saturated carbocycles. The topological polar surface area (TPSA) is 76.6 Å². The number of alkyl halides is 2. The summed E-state index contributed by atoms with van der Waals surface area (Å²) in [7, 11) is 0. The summed E-state index contributed by atoms with van der Waals surface area (Å²) in [6, 6.07) is 3.05. The van der Waals surface area contributed by atoms with Gasteiger partial charge in [-0.1, -0.05) is 6.92 Å². The Morgan fingerprint density at radius 3 is 2.63 bits per heavy atom. The highest BCUT2D eigenvalue weighted by molar-refractivity contribution is 5.79. The van der Waals surface area contributed by atoms with Crippen molar-refractivity contribution in [2.24, 2.45) is 10.9 Å². The molecule has 0 bridgehead atoms. The van der Waals surface area contributed by atoms with Crippen molar-refractivity contribution in [2.75, 3.05) is 52.7 Å². The zero-order valence-electron chi connectivity index (χ0n) is 17.5. The molecule has 0 amide bonds. The number of fused-ring (bicyclic) bond motifs is 1. The summed E-state index contributed by atoms with van der Waals surface area (Å²) in [6.45, 7) is 7.31. The van der Waals surface area contributed by atoms with Gasteiger partial charge in [0, 0.05) is 44.4 Å². The minimum absolute atomic E-state index is 0.0366. The molecule has 2 heterocycles. The van der Waals surface area contributed by atoms with E-state index in [4.69, 9.17) is 14.2 Å². The van der Waals surface area contributed by atoms with E-state index in [9.17, 15) is 8.78 Å². The monoisotopic (exact) mass is 428 g/mol. The van der Waals surface area contributed by atoms with Gasteiger partial charge >= 0.3 is 6.61 Å². The van der Waals surface area contributed by atoms with Gasteiger partial charge in [-0.25, -0.2) is 4.99 Å². The second-order valence-electron chi connectivity index (χ2n) is 7.29. The molecule has 0 aliphatic carbocycles. The lowest BCUT2D eigenvalue weighted by Gasteiger charge is -2.29. The van der Waals surface area contributed by atoms with Gasteiger partial charge in [0.05, 0.1) is 19.8 Å². The van der Waals surface area contributed by atoms with Crippen molar-refractivity contribution < 1.29 is 27.7 Å². The van der Waals surface area contributed by atoms with Crippen LogP contribution in [-0.2, 0) is 11.3 Å². The van der Waals surface area contributed by atoms with Gasteiger partial charge in [-0.2, -0.15) is 8.78 Å². The number of ether oxygens (including phenoxy) is 4. The molecule has 8 nitrogen and oxygen atoms in total. The van der Waals surface area contributed by atoms with Gasteiger partial charge in [0.15, 0.2) is 17.5 Å². The average Bonchev–Trinajstić information content (AvgIpc) is 3.17. The Labute approximate surface area is 175 Å². The first-order chi connectivity index (χ1) is 14.5. The number of nitrogens with one attached hydrogen (secondary N) is 2. The van der Waals surface area contributed by atoms with Crippen LogP contribution in [0.4, 0.5) is 8.78 Å². The van der Waals surface area contributed by atoms with Crippen molar-refractivity contribution >= 4 is 5.96 Å². The summed E-state index contributed by atoms with van der Waals surface area (Å²) >= 11 is 0. The number of guanidine groups is 1. The minimum Gasteiger partial charge on any atom is -0.454 e. The van der Waals surface area contributed by atoms with Crippen LogP contribution in [0, 0.1) is 5.92 Å². The van der Waals surface area contributed by atoms with E-state index >= 15 is 0 Å². The number of morpholine rings is 1. The Morgan fingerprint density at radius 2 is 1.93 bits per heavy atom. The van der Waals surface area contributed by atoms with E-state index in [2.05, 4.69) is 32.2 Å². The maximum atomic E-state index is 12.8. The molecule has 1 unspecified atom stereocenters. The quantitative estimate of drug-likeness (QED) is 0.461. The Kier molecular flexibility index (Phi) is 8.32. The van der Waals surface area contributed by atoms with Crippen molar-refractivity contribution in [1.29, 1.82) is 0 Å². The third-order valence-corrected chi connectivity index (χ3v) is 4.82. The fourth-order valence-corrected chi connectivity index (χ4v) is 3.36. The third kappa shape index (κ3) is 6.60. The molecule has 30 heavy (non-hydrogen) atoms. The van der Waals surface area contributed by atoms with E-state index in [0.717, 1.165) is 39.4 Å². The van der Waals surface area contributed by atoms with Crippen LogP contribution in [0.15, 0.2) is 17.1 Å². The van der Waals surface area contributed by atoms with Crippen LogP contribution < -0.4 is 24.8 Å². The molecule has 168 valence electrons. The molecule has 3 rings (SSSR count). The summed E-state index contributed by atoms with van der Waals surface area (Å²) in [6.07, 6.45) is 0. The van der Waals surface area contributed by atoms with Gasteiger partial charge in [-0.05, 0) is 18.9 Å². The molecular formula is C20H30F2N4O4. The Hall–Kier alpha value is -2.33. The summed E-state index contributed by atoms with van der Waals surface area (Å²) in [4.78, 5) is 6.92. The van der Waals surface area contributed by atoms with Crippen LogP contribution in [-0.4, -0.2) is 70.2 Å². The summed E-state index contributed by atoms with van der Waals surface area (Å²) in [5.41, 5.74) is 0.498. The number of nitrogens with zero attached hydrogens (tertiary/aromatic N) is 2. The first-order valence-electron chi connectivity index (χ1n) is 10.2. The predicted molar refractivity (Wildman–Crippen MR) is 108 cm³/mol. The van der Waals surface area contributed by atoms with E-state index in [-0.39, 0.29) is 19.1 Å². The molecule has 2 N–H and O–H groups in total. The number of benzene rings is 1. The Morgan fingerprint density at radius 1 is 1.20 bits per heavy atom. The minimum atomic E-state index is -2.93. The second-order valence-corrected chi connectivity index (χ2v) is 7.29. The van der Waals surface area contributed by atoms with Crippen LogP contribution in [0.1, 0.15) is 19.4 Å². The highest BCUT2D eigenvalue weighted by Gasteiger charge is 2.20. The average molecular weight is 428 g/mol. The van der Waals surface area contributed by atoms with Crippen molar-refractivity contribution in [1.82, 2.24) is 15.5 Å². The zero-order valence-corrected chi connectivity index (χ0v) is 17.5. The molecular weight excluding hydrogens is 398 g/mol. The van der Waals surface area contributed by atoms with Gasteiger partial charge in [0.1, 0.15) is 5.75 Å². The molecule has 2 aliphatic heterocycles. The lowest BCUT2D eigenvalue weighted by molar-refractivity contribution is -0.0505. The standard InChI is InChI=1S/C20H30F2N4O4/c1-3-23-20(24-10-14(2)12-26-4-6-27-7-5-26)25-11-15-8-17-18(29-13-28-17)9-16(15)30-19(21)22/h8-9,14,19H,3-7,10-13H2,1-2H3,(H2,23,24,25). The highest BCUT2D eigenvalue weighted by atomic mass is 19.3. The largest absolute Gasteiger partial charge is 0.454 e. The van der Waals surface area contributed by atoms with Crippen molar-refractivity contribution in [3.05, 3.63) is 17.7 Å². The number of halogens is 2. The van der Waals surface area contributed by atoms with Crippen molar-refractivity contribution in [3.63, 3.8) is 0 Å². The first-order valence-corrected chi connectivity index (χ1v) is 10.2. The molecule has 10 heteroatoms.